The molecule has 0 bridgehead atoms. The molecule has 0 aromatic heterocycles. The van der Waals surface area contributed by atoms with Gasteiger partial charge in [-0.05, 0) is 44.0 Å². The lowest BCUT2D eigenvalue weighted by Crippen LogP contribution is -2.30. The standard InChI is InChI=1S/C15H22N2O2/c1-10(2)9-16-14(18)12-5-7-13(8-6-12)15(19)17-11(3)4/h5-8,10-11H,9H2,1-4H3,(H,16,18)(H,17,19). The smallest absolute Gasteiger partial charge is 0.251 e. The van der Waals surface area contributed by atoms with E-state index in [4.69, 9.17) is 0 Å². The van der Waals surface area contributed by atoms with Crippen LogP contribution in [-0.2, 0) is 0 Å². The third kappa shape index (κ3) is 5.12. The van der Waals surface area contributed by atoms with Gasteiger partial charge in [0.2, 0.25) is 0 Å². The summed E-state index contributed by atoms with van der Waals surface area (Å²) >= 11 is 0. The molecule has 0 radical (unpaired) electrons. The number of rotatable bonds is 5. The molecule has 19 heavy (non-hydrogen) atoms. The van der Waals surface area contributed by atoms with Gasteiger partial charge in [0.25, 0.3) is 11.8 Å². The van der Waals surface area contributed by atoms with Crippen LogP contribution in [0.5, 0.6) is 0 Å². The van der Waals surface area contributed by atoms with Gasteiger partial charge in [0.15, 0.2) is 0 Å². The summed E-state index contributed by atoms with van der Waals surface area (Å²) in [7, 11) is 0. The van der Waals surface area contributed by atoms with E-state index in [0.29, 0.717) is 23.6 Å². The van der Waals surface area contributed by atoms with E-state index >= 15 is 0 Å². The zero-order valence-electron chi connectivity index (χ0n) is 12.0. The molecule has 0 saturated carbocycles. The first kappa shape index (κ1) is 15.2. The van der Waals surface area contributed by atoms with Crippen LogP contribution in [0.3, 0.4) is 0 Å². The van der Waals surface area contributed by atoms with E-state index < -0.39 is 0 Å². The first-order valence-electron chi connectivity index (χ1n) is 6.59. The molecule has 1 rings (SSSR count). The van der Waals surface area contributed by atoms with Crippen molar-refractivity contribution < 1.29 is 9.59 Å². The van der Waals surface area contributed by atoms with Crippen molar-refractivity contribution in [2.45, 2.75) is 33.7 Å². The Bertz CT molecular complexity index is 436. The van der Waals surface area contributed by atoms with Crippen LogP contribution < -0.4 is 10.6 Å². The number of hydrogen-bond acceptors (Lipinski definition) is 2. The van der Waals surface area contributed by atoms with Gasteiger partial charge < -0.3 is 10.6 Å². The van der Waals surface area contributed by atoms with E-state index in [0.717, 1.165) is 0 Å². The Labute approximate surface area is 114 Å². The number of amides is 2. The van der Waals surface area contributed by atoms with Gasteiger partial charge in [0.05, 0.1) is 0 Å². The van der Waals surface area contributed by atoms with Crippen LogP contribution >= 0.6 is 0 Å². The summed E-state index contributed by atoms with van der Waals surface area (Å²) in [6.07, 6.45) is 0. The molecule has 0 spiro atoms. The second-order valence-corrected chi connectivity index (χ2v) is 5.31. The normalized spacial score (nSPS) is 10.6. The first-order valence-corrected chi connectivity index (χ1v) is 6.59. The highest BCUT2D eigenvalue weighted by molar-refractivity contribution is 5.97. The molecule has 0 unspecified atom stereocenters. The molecule has 0 fully saturated rings. The highest BCUT2D eigenvalue weighted by Crippen LogP contribution is 2.05. The second-order valence-electron chi connectivity index (χ2n) is 5.31. The lowest BCUT2D eigenvalue weighted by molar-refractivity contribution is 0.0933. The topological polar surface area (TPSA) is 58.2 Å². The minimum Gasteiger partial charge on any atom is -0.352 e. The summed E-state index contributed by atoms with van der Waals surface area (Å²) in [4.78, 5) is 23.5. The lowest BCUT2D eigenvalue weighted by atomic mass is 10.1. The Morgan fingerprint density at radius 3 is 1.84 bits per heavy atom. The van der Waals surface area contributed by atoms with E-state index in [9.17, 15) is 9.59 Å². The fraction of sp³-hybridized carbons (Fsp3) is 0.467. The molecule has 104 valence electrons. The van der Waals surface area contributed by atoms with E-state index in [1.165, 1.54) is 0 Å². The Hall–Kier alpha value is -1.84. The third-order valence-electron chi connectivity index (χ3n) is 2.50. The molecule has 2 N–H and O–H groups in total. The van der Waals surface area contributed by atoms with Crippen LogP contribution in [0, 0.1) is 5.92 Å². The molecule has 1 aromatic rings. The van der Waals surface area contributed by atoms with Gasteiger partial charge in [0, 0.05) is 23.7 Å². The van der Waals surface area contributed by atoms with Crippen molar-refractivity contribution in [3.8, 4) is 0 Å². The molecule has 4 nitrogen and oxygen atoms in total. The average Bonchev–Trinajstić information content (AvgIpc) is 2.35. The maximum Gasteiger partial charge on any atom is 0.251 e. The van der Waals surface area contributed by atoms with Gasteiger partial charge in [0.1, 0.15) is 0 Å². The molecule has 4 heteroatoms. The van der Waals surface area contributed by atoms with Crippen LogP contribution in [0.2, 0.25) is 0 Å². The van der Waals surface area contributed by atoms with Crippen LogP contribution in [-0.4, -0.2) is 24.4 Å². The number of nitrogens with one attached hydrogen (secondary N) is 2. The summed E-state index contributed by atoms with van der Waals surface area (Å²) in [6.45, 7) is 8.55. The number of hydrogen-bond donors (Lipinski definition) is 2. The van der Waals surface area contributed by atoms with Crippen LogP contribution in [0.4, 0.5) is 0 Å². The maximum absolute atomic E-state index is 11.8. The molecular weight excluding hydrogens is 240 g/mol. The van der Waals surface area contributed by atoms with Gasteiger partial charge in [-0.3, -0.25) is 9.59 Å². The van der Waals surface area contributed by atoms with Gasteiger partial charge in [-0.25, -0.2) is 0 Å². The second kappa shape index (κ2) is 6.92. The Morgan fingerprint density at radius 1 is 0.947 bits per heavy atom. The first-order chi connectivity index (χ1) is 8.90. The minimum atomic E-state index is -0.121. The summed E-state index contributed by atoms with van der Waals surface area (Å²) in [6, 6.07) is 6.78. The molecule has 0 aliphatic carbocycles. The minimum absolute atomic E-state index is 0.0986. The predicted octanol–water partition coefficient (Wildman–Crippen LogP) is 2.21. The average molecular weight is 262 g/mol. The number of carbonyl (C=O) groups is 2. The molecular formula is C15H22N2O2. The SMILES string of the molecule is CC(C)CNC(=O)c1ccc(C(=O)NC(C)C)cc1. The van der Waals surface area contributed by atoms with Crippen molar-refractivity contribution >= 4 is 11.8 Å². The van der Waals surface area contributed by atoms with Crippen molar-refractivity contribution in [1.29, 1.82) is 0 Å². The van der Waals surface area contributed by atoms with Crippen molar-refractivity contribution in [2.24, 2.45) is 5.92 Å². The van der Waals surface area contributed by atoms with Crippen LogP contribution in [0.15, 0.2) is 24.3 Å². The van der Waals surface area contributed by atoms with Crippen molar-refractivity contribution in [3.63, 3.8) is 0 Å². The summed E-state index contributed by atoms with van der Waals surface area (Å²) in [5, 5.41) is 5.65. The zero-order valence-corrected chi connectivity index (χ0v) is 12.0. The summed E-state index contributed by atoms with van der Waals surface area (Å²) in [5.41, 5.74) is 1.14. The van der Waals surface area contributed by atoms with Gasteiger partial charge in [-0.2, -0.15) is 0 Å². The Kier molecular flexibility index (Phi) is 5.55. The number of carbonyl (C=O) groups excluding carboxylic acids is 2. The van der Waals surface area contributed by atoms with E-state index in [1.807, 2.05) is 27.7 Å². The monoisotopic (exact) mass is 262 g/mol. The Balaban J connectivity index is 2.65. The largest absolute Gasteiger partial charge is 0.352 e. The molecule has 2 amide bonds. The lowest BCUT2D eigenvalue weighted by Gasteiger charge is -2.10. The van der Waals surface area contributed by atoms with Crippen LogP contribution in [0.25, 0.3) is 0 Å². The highest BCUT2D eigenvalue weighted by Gasteiger charge is 2.09. The van der Waals surface area contributed by atoms with Gasteiger partial charge >= 0.3 is 0 Å². The number of benzene rings is 1. The fourth-order valence-corrected chi connectivity index (χ4v) is 1.52. The summed E-state index contributed by atoms with van der Waals surface area (Å²) in [5.74, 6) is 0.189. The molecule has 0 aliphatic heterocycles. The van der Waals surface area contributed by atoms with Crippen molar-refractivity contribution in [1.82, 2.24) is 10.6 Å². The third-order valence-corrected chi connectivity index (χ3v) is 2.50. The van der Waals surface area contributed by atoms with Crippen LogP contribution in [0.1, 0.15) is 48.4 Å². The highest BCUT2D eigenvalue weighted by atomic mass is 16.2. The Morgan fingerprint density at radius 2 is 1.42 bits per heavy atom. The maximum atomic E-state index is 11.8. The van der Waals surface area contributed by atoms with Gasteiger partial charge in [-0.15, -0.1) is 0 Å². The molecule has 1 aromatic carbocycles. The molecule has 0 atom stereocenters. The molecule has 0 saturated heterocycles. The molecule has 0 heterocycles. The predicted molar refractivity (Wildman–Crippen MR) is 76.2 cm³/mol. The molecule has 0 aliphatic rings. The van der Waals surface area contributed by atoms with E-state index in [1.54, 1.807) is 24.3 Å². The summed E-state index contributed by atoms with van der Waals surface area (Å²) < 4.78 is 0. The zero-order chi connectivity index (χ0) is 14.4. The van der Waals surface area contributed by atoms with E-state index in [2.05, 4.69) is 10.6 Å². The van der Waals surface area contributed by atoms with Crippen molar-refractivity contribution in [3.05, 3.63) is 35.4 Å². The van der Waals surface area contributed by atoms with Crippen molar-refractivity contribution in [2.75, 3.05) is 6.54 Å². The van der Waals surface area contributed by atoms with E-state index in [-0.39, 0.29) is 17.9 Å². The fourth-order valence-electron chi connectivity index (χ4n) is 1.52. The van der Waals surface area contributed by atoms with Gasteiger partial charge in [-0.1, -0.05) is 13.8 Å². The quantitative estimate of drug-likeness (QED) is 0.854.